The van der Waals surface area contributed by atoms with E-state index in [1.165, 1.54) is 46.0 Å². The Kier molecular flexibility index (Phi) is 5.32. The van der Waals surface area contributed by atoms with Crippen molar-refractivity contribution in [2.45, 2.75) is 4.90 Å². The van der Waals surface area contributed by atoms with E-state index in [9.17, 15) is 21.6 Å². The number of nitrogens with zero attached hydrogens (tertiary/aromatic N) is 3. The highest BCUT2D eigenvalue weighted by Gasteiger charge is 2.29. The van der Waals surface area contributed by atoms with E-state index in [-0.39, 0.29) is 18.0 Å². The first kappa shape index (κ1) is 19.9. The van der Waals surface area contributed by atoms with Gasteiger partial charge in [0, 0.05) is 43.2 Å². The van der Waals surface area contributed by atoms with Crippen molar-refractivity contribution in [3.63, 3.8) is 0 Å². The quantitative estimate of drug-likeness (QED) is 0.622. The molecule has 10 heteroatoms. The van der Waals surface area contributed by atoms with Crippen LogP contribution in [0.3, 0.4) is 0 Å². The van der Waals surface area contributed by atoms with Crippen molar-refractivity contribution in [1.82, 2.24) is 9.29 Å². The van der Waals surface area contributed by atoms with Crippen LogP contribution in [0.25, 0.3) is 11.3 Å². The topological polar surface area (TPSA) is 53.5 Å². The van der Waals surface area contributed by atoms with Gasteiger partial charge < -0.3 is 4.90 Å². The van der Waals surface area contributed by atoms with Gasteiger partial charge in [0.2, 0.25) is 10.0 Å². The fourth-order valence-corrected chi connectivity index (χ4v) is 5.48. The minimum absolute atomic E-state index is 0.0735. The summed E-state index contributed by atoms with van der Waals surface area (Å²) in [5, 5.41) is 2.35. The molecule has 1 fully saturated rings. The second-order valence-electron chi connectivity index (χ2n) is 6.52. The summed E-state index contributed by atoms with van der Waals surface area (Å²) in [5.74, 6) is -1.95. The van der Waals surface area contributed by atoms with E-state index >= 15 is 0 Å². The van der Waals surface area contributed by atoms with Gasteiger partial charge in [-0.15, -0.1) is 11.3 Å². The Morgan fingerprint density at radius 1 is 0.897 bits per heavy atom. The minimum Gasteiger partial charge on any atom is -0.345 e. The normalized spacial score (nSPS) is 15.6. The summed E-state index contributed by atoms with van der Waals surface area (Å²) in [7, 11) is -3.77. The summed E-state index contributed by atoms with van der Waals surface area (Å²) in [6.45, 7) is 1.25. The lowest BCUT2D eigenvalue weighted by Gasteiger charge is -2.33. The van der Waals surface area contributed by atoms with Crippen molar-refractivity contribution in [3.8, 4) is 11.3 Å². The molecule has 0 saturated carbocycles. The Bertz CT molecular complexity index is 1120. The van der Waals surface area contributed by atoms with Crippen LogP contribution in [0.2, 0.25) is 0 Å². The number of benzene rings is 2. The maximum Gasteiger partial charge on any atom is 0.243 e. The van der Waals surface area contributed by atoms with Crippen molar-refractivity contribution >= 4 is 26.5 Å². The standard InChI is InChI=1S/C19H16F3N3O2S2/c20-14-2-1-3-17(11-14)29(26,27)25-6-4-24(5-7-25)19-23-18(12-28-19)13-8-15(21)10-16(22)9-13/h1-3,8-12H,4-7H2. The van der Waals surface area contributed by atoms with Crippen LogP contribution >= 0.6 is 11.3 Å². The molecule has 29 heavy (non-hydrogen) atoms. The zero-order chi connectivity index (χ0) is 20.6. The lowest BCUT2D eigenvalue weighted by molar-refractivity contribution is 0.384. The number of hydrogen-bond donors (Lipinski definition) is 0. The van der Waals surface area contributed by atoms with Gasteiger partial charge >= 0.3 is 0 Å². The Balaban J connectivity index is 1.47. The second-order valence-corrected chi connectivity index (χ2v) is 9.30. The zero-order valence-electron chi connectivity index (χ0n) is 15.1. The van der Waals surface area contributed by atoms with E-state index < -0.39 is 27.5 Å². The molecule has 1 saturated heterocycles. The van der Waals surface area contributed by atoms with E-state index in [4.69, 9.17) is 0 Å². The molecule has 152 valence electrons. The van der Waals surface area contributed by atoms with Crippen LogP contribution in [-0.4, -0.2) is 43.9 Å². The van der Waals surface area contributed by atoms with Crippen LogP contribution in [0.4, 0.5) is 18.3 Å². The summed E-state index contributed by atoms with van der Waals surface area (Å²) < 4.78 is 67.0. The van der Waals surface area contributed by atoms with E-state index in [0.29, 0.717) is 29.5 Å². The molecule has 0 bridgehead atoms. The van der Waals surface area contributed by atoms with E-state index in [1.807, 2.05) is 4.90 Å². The van der Waals surface area contributed by atoms with Gasteiger partial charge in [0.1, 0.15) is 17.5 Å². The van der Waals surface area contributed by atoms with Gasteiger partial charge in [0.15, 0.2) is 5.13 Å². The fourth-order valence-electron chi connectivity index (χ4n) is 3.14. The third-order valence-electron chi connectivity index (χ3n) is 4.59. The maximum atomic E-state index is 13.4. The average molecular weight is 439 g/mol. The number of thiazole rings is 1. The summed E-state index contributed by atoms with van der Waals surface area (Å²) >= 11 is 1.32. The lowest BCUT2D eigenvalue weighted by atomic mass is 10.1. The van der Waals surface area contributed by atoms with E-state index in [2.05, 4.69) is 4.98 Å². The molecule has 5 nitrogen and oxygen atoms in total. The van der Waals surface area contributed by atoms with Crippen molar-refractivity contribution in [2.24, 2.45) is 0 Å². The first-order chi connectivity index (χ1) is 13.8. The highest BCUT2D eigenvalue weighted by atomic mass is 32.2. The number of anilines is 1. The van der Waals surface area contributed by atoms with Gasteiger partial charge in [0.05, 0.1) is 10.6 Å². The van der Waals surface area contributed by atoms with Crippen molar-refractivity contribution in [2.75, 3.05) is 31.1 Å². The van der Waals surface area contributed by atoms with Crippen LogP contribution in [0.5, 0.6) is 0 Å². The monoisotopic (exact) mass is 439 g/mol. The smallest absolute Gasteiger partial charge is 0.243 e. The average Bonchev–Trinajstić information content (AvgIpc) is 3.18. The fraction of sp³-hybridized carbons (Fsp3) is 0.211. The Morgan fingerprint density at radius 3 is 2.24 bits per heavy atom. The molecule has 2 aromatic carbocycles. The molecule has 1 aliphatic heterocycles. The second kappa shape index (κ2) is 7.77. The van der Waals surface area contributed by atoms with E-state index in [1.54, 1.807) is 5.38 Å². The highest BCUT2D eigenvalue weighted by Crippen LogP contribution is 2.29. The summed E-state index contributed by atoms with van der Waals surface area (Å²) in [5.41, 5.74) is 0.801. The van der Waals surface area contributed by atoms with Gasteiger partial charge in [-0.25, -0.2) is 26.6 Å². The molecule has 1 aromatic heterocycles. The summed E-state index contributed by atoms with van der Waals surface area (Å²) in [6.07, 6.45) is 0. The zero-order valence-corrected chi connectivity index (χ0v) is 16.7. The van der Waals surface area contributed by atoms with Crippen LogP contribution in [0.1, 0.15) is 0 Å². The van der Waals surface area contributed by atoms with Crippen molar-refractivity contribution < 1.29 is 21.6 Å². The Hall–Kier alpha value is -2.43. The number of aromatic nitrogens is 1. The largest absolute Gasteiger partial charge is 0.345 e. The minimum atomic E-state index is -3.77. The molecule has 0 N–H and O–H groups in total. The van der Waals surface area contributed by atoms with Gasteiger partial charge in [-0.1, -0.05) is 6.07 Å². The number of hydrogen-bond acceptors (Lipinski definition) is 5. The molecule has 0 radical (unpaired) electrons. The van der Waals surface area contributed by atoms with Crippen LogP contribution in [0, 0.1) is 17.5 Å². The molecule has 0 unspecified atom stereocenters. The molecule has 1 aliphatic rings. The predicted octanol–water partition coefficient (Wildman–Crippen LogP) is 3.74. The SMILES string of the molecule is O=S(=O)(c1cccc(F)c1)N1CCN(c2nc(-c3cc(F)cc(F)c3)cs2)CC1. The summed E-state index contributed by atoms with van der Waals surface area (Å²) in [4.78, 5) is 6.28. The number of halogens is 3. The third kappa shape index (κ3) is 4.14. The van der Waals surface area contributed by atoms with Crippen molar-refractivity contribution in [1.29, 1.82) is 0 Å². The van der Waals surface area contributed by atoms with Crippen molar-refractivity contribution in [3.05, 3.63) is 65.3 Å². The molecule has 0 spiro atoms. The molecule has 2 heterocycles. The molecule has 3 aromatic rings. The number of piperazine rings is 1. The van der Waals surface area contributed by atoms with Crippen LogP contribution in [-0.2, 0) is 10.0 Å². The van der Waals surface area contributed by atoms with Crippen LogP contribution in [0.15, 0.2) is 52.7 Å². The first-order valence-corrected chi connectivity index (χ1v) is 11.1. The molecule has 0 aliphatic carbocycles. The lowest BCUT2D eigenvalue weighted by Crippen LogP contribution is -2.48. The Labute approximate surface area is 170 Å². The Morgan fingerprint density at radius 2 is 1.59 bits per heavy atom. The molecular formula is C19H16F3N3O2S2. The third-order valence-corrected chi connectivity index (χ3v) is 7.39. The molecule has 0 atom stereocenters. The molecular weight excluding hydrogens is 423 g/mol. The highest BCUT2D eigenvalue weighted by molar-refractivity contribution is 7.89. The maximum absolute atomic E-state index is 13.4. The van der Waals surface area contributed by atoms with Gasteiger partial charge in [-0.2, -0.15) is 4.31 Å². The number of rotatable bonds is 4. The number of sulfonamides is 1. The van der Waals surface area contributed by atoms with Gasteiger partial charge in [0.25, 0.3) is 0 Å². The van der Waals surface area contributed by atoms with Crippen LogP contribution < -0.4 is 4.90 Å². The van der Waals surface area contributed by atoms with Gasteiger partial charge in [-0.05, 0) is 30.3 Å². The first-order valence-electron chi connectivity index (χ1n) is 8.75. The predicted molar refractivity (Wildman–Crippen MR) is 105 cm³/mol. The molecule has 0 amide bonds. The van der Waals surface area contributed by atoms with Gasteiger partial charge in [-0.3, -0.25) is 0 Å². The summed E-state index contributed by atoms with van der Waals surface area (Å²) in [6, 6.07) is 8.17. The van der Waals surface area contributed by atoms with E-state index in [0.717, 1.165) is 12.1 Å². The molecule has 4 rings (SSSR count).